The number of carboxylic acids is 1. The van der Waals surface area contributed by atoms with Crippen molar-refractivity contribution in [2.24, 2.45) is 0 Å². The fourth-order valence-corrected chi connectivity index (χ4v) is 1.30. The van der Waals surface area contributed by atoms with E-state index < -0.39 is 18.0 Å². The van der Waals surface area contributed by atoms with Crippen LogP contribution in [-0.4, -0.2) is 44.6 Å². The zero-order valence-corrected chi connectivity index (χ0v) is 9.96. The van der Waals surface area contributed by atoms with Gasteiger partial charge in [0.1, 0.15) is 6.04 Å². The minimum absolute atomic E-state index is 0.0495. The minimum atomic E-state index is -1.20. The largest absolute Gasteiger partial charge is 0.480 e. The average Bonchev–Trinajstić information content (AvgIpc) is 2.76. The number of urea groups is 1. The Balaban J connectivity index is 2.51. The third-order valence-corrected chi connectivity index (χ3v) is 2.23. The van der Waals surface area contributed by atoms with Crippen LogP contribution in [0.2, 0.25) is 0 Å². The van der Waals surface area contributed by atoms with Crippen molar-refractivity contribution in [2.45, 2.75) is 25.9 Å². The summed E-state index contributed by atoms with van der Waals surface area (Å²) in [5.74, 6) is -0.860. The van der Waals surface area contributed by atoms with Crippen molar-refractivity contribution in [1.82, 2.24) is 15.1 Å². The number of carbonyl (C=O) groups is 2. The number of aliphatic carboxylic acids is 1. The molecule has 100 valence electrons. The molecule has 0 radical (unpaired) electrons. The summed E-state index contributed by atoms with van der Waals surface area (Å²) < 4.78 is 1.62. The van der Waals surface area contributed by atoms with E-state index in [1.54, 1.807) is 16.9 Å². The number of hydrogen-bond acceptors (Lipinski definition) is 4. The number of aliphatic hydroxyl groups is 1. The van der Waals surface area contributed by atoms with Crippen LogP contribution < -0.4 is 10.6 Å². The molecule has 18 heavy (non-hydrogen) atoms. The van der Waals surface area contributed by atoms with Gasteiger partial charge < -0.3 is 15.5 Å². The van der Waals surface area contributed by atoms with Gasteiger partial charge in [0.15, 0.2) is 5.82 Å². The highest BCUT2D eigenvalue weighted by atomic mass is 16.4. The zero-order chi connectivity index (χ0) is 13.5. The lowest BCUT2D eigenvalue weighted by Gasteiger charge is -2.12. The Hall–Kier alpha value is -2.09. The first kappa shape index (κ1) is 14.0. The maximum absolute atomic E-state index is 11.5. The van der Waals surface area contributed by atoms with Crippen molar-refractivity contribution in [3.05, 3.63) is 12.3 Å². The molecule has 0 spiro atoms. The molecule has 4 N–H and O–H groups in total. The molecule has 0 saturated carbocycles. The highest BCUT2D eigenvalue weighted by Crippen LogP contribution is 2.02. The maximum atomic E-state index is 11.5. The summed E-state index contributed by atoms with van der Waals surface area (Å²) in [6.45, 7) is 2.26. The molecule has 0 bridgehead atoms. The van der Waals surface area contributed by atoms with Crippen LogP contribution in [0.5, 0.6) is 0 Å². The van der Waals surface area contributed by atoms with E-state index in [1.165, 1.54) is 0 Å². The van der Waals surface area contributed by atoms with Crippen LogP contribution in [0.25, 0.3) is 0 Å². The smallest absolute Gasteiger partial charge is 0.326 e. The molecular formula is C10H16N4O4. The summed E-state index contributed by atoms with van der Waals surface area (Å²) in [6, 6.07) is -0.189. The van der Waals surface area contributed by atoms with Crippen LogP contribution in [0, 0.1) is 0 Å². The molecule has 1 aromatic rings. The number of carboxylic acid groups (broad SMARTS) is 1. The number of nitrogens with zero attached hydrogens (tertiary/aromatic N) is 2. The Labute approximate surface area is 104 Å². The fraction of sp³-hybridized carbons (Fsp3) is 0.500. The van der Waals surface area contributed by atoms with Crippen LogP contribution in [0.15, 0.2) is 12.3 Å². The van der Waals surface area contributed by atoms with Gasteiger partial charge in [-0.2, -0.15) is 5.10 Å². The summed E-state index contributed by atoms with van der Waals surface area (Å²) in [4.78, 5) is 22.2. The van der Waals surface area contributed by atoms with Crippen LogP contribution in [0.1, 0.15) is 13.3 Å². The normalized spacial score (nSPS) is 11.9. The summed E-state index contributed by atoms with van der Waals surface area (Å²) in [7, 11) is 0. The molecule has 0 aromatic carbocycles. The maximum Gasteiger partial charge on any atom is 0.326 e. The van der Waals surface area contributed by atoms with Crippen LogP contribution in [0.3, 0.4) is 0 Å². The summed E-state index contributed by atoms with van der Waals surface area (Å²) >= 11 is 0. The van der Waals surface area contributed by atoms with Gasteiger partial charge in [0.2, 0.25) is 0 Å². The molecular weight excluding hydrogens is 240 g/mol. The third-order valence-electron chi connectivity index (χ3n) is 2.23. The third kappa shape index (κ3) is 4.06. The molecule has 2 amide bonds. The standard InChI is InChI=1S/C10H16N4O4/c1-2-14-5-3-8(13-14)12-10(18)11-7(4-6-15)9(16)17/h3,5,7,15H,2,4,6H2,1H3,(H,16,17)(H2,11,12,13,18)/t7-/m1/s1. The molecule has 0 aliphatic heterocycles. The Kier molecular flexibility index (Phi) is 5.12. The van der Waals surface area contributed by atoms with Gasteiger partial charge in [-0.3, -0.25) is 10.00 Å². The van der Waals surface area contributed by atoms with E-state index in [2.05, 4.69) is 15.7 Å². The first-order chi connectivity index (χ1) is 8.56. The molecule has 0 saturated heterocycles. The second-order valence-electron chi connectivity index (χ2n) is 3.56. The van der Waals surface area contributed by atoms with E-state index in [-0.39, 0.29) is 13.0 Å². The van der Waals surface area contributed by atoms with E-state index >= 15 is 0 Å². The number of hydrogen-bond donors (Lipinski definition) is 4. The molecule has 1 heterocycles. The summed E-state index contributed by atoms with van der Waals surface area (Å²) in [5.41, 5.74) is 0. The van der Waals surface area contributed by atoms with Crippen LogP contribution in [-0.2, 0) is 11.3 Å². The molecule has 0 aliphatic rings. The predicted octanol–water partition coefficient (Wildman–Crippen LogP) is -0.140. The van der Waals surface area contributed by atoms with E-state index in [1.807, 2.05) is 6.92 Å². The van der Waals surface area contributed by atoms with Crippen LogP contribution in [0.4, 0.5) is 10.6 Å². The summed E-state index contributed by atoms with van der Waals surface area (Å²) in [5, 5.41) is 26.1. The molecule has 1 rings (SSSR count). The van der Waals surface area contributed by atoms with Gasteiger partial charge in [0.05, 0.1) is 0 Å². The lowest BCUT2D eigenvalue weighted by atomic mass is 10.2. The number of amides is 2. The summed E-state index contributed by atoms with van der Waals surface area (Å²) in [6.07, 6.45) is 1.64. The predicted molar refractivity (Wildman–Crippen MR) is 63.2 cm³/mol. The number of nitrogens with one attached hydrogen (secondary N) is 2. The van der Waals surface area contributed by atoms with Gasteiger partial charge in [-0.1, -0.05) is 0 Å². The Morgan fingerprint density at radius 3 is 2.78 bits per heavy atom. The van der Waals surface area contributed by atoms with Crippen LogP contribution >= 0.6 is 0 Å². The highest BCUT2D eigenvalue weighted by molar-refractivity contribution is 5.91. The Morgan fingerprint density at radius 2 is 2.28 bits per heavy atom. The highest BCUT2D eigenvalue weighted by Gasteiger charge is 2.19. The molecule has 0 aliphatic carbocycles. The van der Waals surface area contributed by atoms with Gasteiger partial charge in [0.25, 0.3) is 0 Å². The van der Waals surface area contributed by atoms with E-state index in [9.17, 15) is 9.59 Å². The van der Waals surface area contributed by atoms with E-state index in [0.29, 0.717) is 12.4 Å². The van der Waals surface area contributed by atoms with E-state index in [4.69, 9.17) is 10.2 Å². The van der Waals surface area contributed by atoms with Crippen molar-refractivity contribution < 1.29 is 19.8 Å². The first-order valence-corrected chi connectivity index (χ1v) is 5.51. The molecule has 8 nitrogen and oxygen atoms in total. The molecule has 0 fully saturated rings. The van der Waals surface area contributed by atoms with Gasteiger partial charge in [0, 0.05) is 31.8 Å². The number of rotatable bonds is 6. The second-order valence-corrected chi connectivity index (χ2v) is 3.56. The molecule has 0 unspecified atom stereocenters. The number of aliphatic hydroxyl groups excluding tert-OH is 1. The van der Waals surface area contributed by atoms with Crippen molar-refractivity contribution in [2.75, 3.05) is 11.9 Å². The number of aromatic nitrogens is 2. The monoisotopic (exact) mass is 256 g/mol. The molecule has 8 heteroatoms. The van der Waals surface area contributed by atoms with Gasteiger partial charge >= 0.3 is 12.0 Å². The Bertz CT molecular complexity index is 418. The average molecular weight is 256 g/mol. The van der Waals surface area contributed by atoms with Crippen molar-refractivity contribution >= 4 is 17.8 Å². The first-order valence-electron chi connectivity index (χ1n) is 5.51. The lowest BCUT2D eigenvalue weighted by molar-refractivity contribution is -0.139. The van der Waals surface area contributed by atoms with Gasteiger partial charge in [-0.25, -0.2) is 9.59 Å². The minimum Gasteiger partial charge on any atom is -0.480 e. The number of carbonyl (C=O) groups excluding carboxylic acids is 1. The second kappa shape index (κ2) is 6.60. The fourth-order valence-electron chi connectivity index (χ4n) is 1.30. The topological polar surface area (TPSA) is 116 Å². The van der Waals surface area contributed by atoms with Crippen molar-refractivity contribution in [3.63, 3.8) is 0 Å². The lowest BCUT2D eigenvalue weighted by Crippen LogP contribution is -2.43. The Morgan fingerprint density at radius 1 is 1.56 bits per heavy atom. The SMILES string of the molecule is CCn1ccc(NC(=O)N[C@H](CCO)C(=O)O)n1. The van der Waals surface area contributed by atoms with Gasteiger partial charge in [-0.15, -0.1) is 0 Å². The van der Waals surface area contributed by atoms with Gasteiger partial charge in [-0.05, 0) is 6.92 Å². The molecule has 1 atom stereocenters. The zero-order valence-electron chi connectivity index (χ0n) is 9.96. The van der Waals surface area contributed by atoms with Crippen molar-refractivity contribution in [3.8, 4) is 0 Å². The number of aryl methyl sites for hydroxylation is 1. The molecule has 1 aromatic heterocycles. The van der Waals surface area contributed by atoms with E-state index in [0.717, 1.165) is 0 Å². The quantitative estimate of drug-likeness (QED) is 0.565. The van der Waals surface area contributed by atoms with Crippen molar-refractivity contribution in [1.29, 1.82) is 0 Å². The number of anilines is 1.